The fraction of sp³-hybridized carbons (Fsp3) is 0.217. The molecule has 2 aromatic carbocycles. The van der Waals surface area contributed by atoms with Crippen molar-refractivity contribution in [3.05, 3.63) is 87.2 Å². The van der Waals surface area contributed by atoms with Gasteiger partial charge in [-0.1, -0.05) is 54.1 Å². The topological polar surface area (TPSA) is 53.8 Å². The molecule has 0 N–H and O–H groups in total. The van der Waals surface area contributed by atoms with Crippen LogP contribution >= 0.6 is 11.6 Å². The standard InChI is InChI=1S/C23H21ClN2O3/c24-18-8-9-21-19(15-18)20(27)16-22(29-21)23(28)26-13-11-25(12-14-26)10-4-7-17-5-2-1-3-6-17/h1-9,15-16H,10-14H2/b7-4+. The minimum atomic E-state index is -0.262. The third-order valence-corrected chi connectivity index (χ3v) is 5.27. The lowest BCUT2D eigenvalue weighted by Crippen LogP contribution is -2.48. The van der Waals surface area contributed by atoms with E-state index in [1.807, 2.05) is 18.2 Å². The largest absolute Gasteiger partial charge is 0.451 e. The number of nitrogens with zero attached hydrogens (tertiary/aromatic N) is 2. The molecule has 1 saturated heterocycles. The van der Waals surface area contributed by atoms with Crippen LogP contribution in [-0.4, -0.2) is 48.4 Å². The van der Waals surface area contributed by atoms with Gasteiger partial charge in [-0.15, -0.1) is 0 Å². The summed E-state index contributed by atoms with van der Waals surface area (Å²) in [5.74, 6) is -0.180. The van der Waals surface area contributed by atoms with Gasteiger partial charge in [0, 0.05) is 43.8 Å². The Hall–Kier alpha value is -2.89. The van der Waals surface area contributed by atoms with Gasteiger partial charge in [0.15, 0.2) is 11.2 Å². The smallest absolute Gasteiger partial charge is 0.289 e. The molecule has 0 bridgehead atoms. The second-order valence-electron chi connectivity index (χ2n) is 7.02. The molecule has 0 atom stereocenters. The van der Waals surface area contributed by atoms with Crippen LogP contribution < -0.4 is 5.43 Å². The van der Waals surface area contributed by atoms with Crippen LogP contribution in [0.4, 0.5) is 0 Å². The first-order valence-electron chi connectivity index (χ1n) is 9.57. The number of amides is 1. The van der Waals surface area contributed by atoms with E-state index in [9.17, 15) is 9.59 Å². The molecule has 148 valence electrons. The SMILES string of the molecule is O=C(c1cc(=O)c2cc(Cl)ccc2o1)N1CCN(C/C=C/c2ccccc2)CC1. The molecule has 29 heavy (non-hydrogen) atoms. The fourth-order valence-corrected chi connectivity index (χ4v) is 3.60. The molecule has 0 aliphatic carbocycles. The Morgan fingerprint density at radius 2 is 1.79 bits per heavy atom. The molecule has 3 aromatic rings. The lowest BCUT2D eigenvalue weighted by Gasteiger charge is -2.33. The first-order valence-corrected chi connectivity index (χ1v) is 9.94. The molecule has 1 aromatic heterocycles. The summed E-state index contributed by atoms with van der Waals surface area (Å²) >= 11 is 5.93. The molecule has 6 heteroatoms. The van der Waals surface area contributed by atoms with E-state index in [0.29, 0.717) is 29.1 Å². The number of hydrogen-bond acceptors (Lipinski definition) is 4. The van der Waals surface area contributed by atoms with Gasteiger partial charge in [0.1, 0.15) is 5.58 Å². The summed E-state index contributed by atoms with van der Waals surface area (Å²) in [6, 6.07) is 16.2. The number of fused-ring (bicyclic) bond motifs is 1. The molecule has 1 aliphatic rings. The number of carbonyl (C=O) groups is 1. The molecule has 0 unspecified atom stereocenters. The van der Waals surface area contributed by atoms with E-state index in [-0.39, 0.29) is 17.1 Å². The molecule has 2 heterocycles. The molecule has 1 fully saturated rings. The second kappa shape index (κ2) is 8.64. The van der Waals surface area contributed by atoms with E-state index in [0.717, 1.165) is 19.6 Å². The Kier molecular flexibility index (Phi) is 5.79. The average molecular weight is 409 g/mol. The Labute approximate surface area is 173 Å². The zero-order valence-electron chi connectivity index (χ0n) is 15.9. The monoisotopic (exact) mass is 408 g/mol. The molecule has 1 amide bonds. The summed E-state index contributed by atoms with van der Waals surface area (Å²) in [4.78, 5) is 29.2. The summed E-state index contributed by atoms with van der Waals surface area (Å²) < 4.78 is 5.68. The van der Waals surface area contributed by atoms with Gasteiger partial charge in [-0.05, 0) is 23.8 Å². The van der Waals surface area contributed by atoms with Crippen LogP contribution in [0.2, 0.25) is 5.02 Å². The van der Waals surface area contributed by atoms with Crippen molar-refractivity contribution in [3.8, 4) is 0 Å². The maximum atomic E-state index is 12.8. The summed E-state index contributed by atoms with van der Waals surface area (Å²) in [6.07, 6.45) is 4.24. The van der Waals surface area contributed by atoms with Gasteiger partial charge < -0.3 is 9.32 Å². The molecule has 0 saturated carbocycles. The van der Waals surface area contributed by atoms with Crippen molar-refractivity contribution >= 4 is 34.6 Å². The van der Waals surface area contributed by atoms with Crippen LogP contribution in [0.15, 0.2) is 69.9 Å². The maximum absolute atomic E-state index is 12.8. The van der Waals surface area contributed by atoms with Crippen LogP contribution in [0.3, 0.4) is 0 Å². The van der Waals surface area contributed by atoms with Crippen LogP contribution in [-0.2, 0) is 0 Å². The number of piperazine rings is 1. The van der Waals surface area contributed by atoms with Crippen molar-refractivity contribution in [2.45, 2.75) is 0 Å². The van der Waals surface area contributed by atoms with E-state index in [1.54, 1.807) is 23.1 Å². The highest BCUT2D eigenvalue weighted by Crippen LogP contribution is 2.19. The van der Waals surface area contributed by atoms with Gasteiger partial charge in [0.2, 0.25) is 0 Å². The van der Waals surface area contributed by atoms with Crippen LogP contribution in [0, 0.1) is 0 Å². The predicted octanol–water partition coefficient (Wildman–Crippen LogP) is 3.92. The van der Waals surface area contributed by atoms with Crippen LogP contribution in [0.5, 0.6) is 0 Å². The van der Waals surface area contributed by atoms with Gasteiger partial charge in [0.05, 0.1) is 5.39 Å². The van der Waals surface area contributed by atoms with Crippen molar-refractivity contribution in [2.75, 3.05) is 32.7 Å². The number of carbonyl (C=O) groups excluding carboxylic acids is 1. The highest BCUT2D eigenvalue weighted by molar-refractivity contribution is 6.31. The minimum absolute atomic E-state index is 0.0715. The Bertz CT molecular complexity index is 1100. The molecule has 4 rings (SSSR count). The summed E-state index contributed by atoms with van der Waals surface area (Å²) in [7, 11) is 0. The molecule has 0 radical (unpaired) electrons. The van der Waals surface area contributed by atoms with Gasteiger partial charge >= 0.3 is 0 Å². The van der Waals surface area contributed by atoms with Crippen molar-refractivity contribution in [3.63, 3.8) is 0 Å². The summed E-state index contributed by atoms with van der Waals surface area (Å²) in [5, 5.41) is 0.838. The number of rotatable bonds is 4. The van der Waals surface area contributed by atoms with E-state index in [4.69, 9.17) is 16.0 Å². The lowest BCUT2D eigenvalue weighted by molar-refractivity contribution is 0.0619. The van der Waals surface area contributed by atoms with Crippen molar-refractivity contribution in [1.82, 2.24) is 9.80 Å². The lowest BCUT2D eigenvalue weighted by atomic mass is 10.2. The highest BCUT2D eigenvalue weighted by Gasteiger charge is 2.24. The maximum Gasteiger partial charge on any atom is 0.289 e. The van der Waals surface area contributed by atoms with Gasteiger partial charge in [0.25, 0.3) is 5.91 Å². The first kappa shape index (κ1) is 19.4. The summed E-state index contributed by atoms with van der Waals surface area (Å²) in [6.45, 7) is 3.58. The Morgan fingerprint density at radius 1 is 1.03 bits per heavy atom. The van der Waals surface area contributed by atoms with Crippen LogP contribution in [0.1, 0.15) is 16.1 Å². The van der Waals surface area contributed by atoms with Crippen molar-refractivity contribution < 1.29 is 9.21 Å². The molecule has 5 nitrogen and oxygen atoms in total. The highest BCUT2D eigenvalue weighted by atomic mass is 35.5. The second-order valence-corrected chi connectivity index (χ2v) is 7.46. The van der Waals surface area contributed by atoms with Gasteiger partial charge in [-0.25, -0.2) is 0 Å². The first-order chi connectivity index (χ1) is 14.1. The fourth-order valence-electron chi connectivity index (χ4n) is 3.43. The average Bonchev–Trinajstić information content (AvgIpc) is 2.75. The van der Waals surface area contributed by atoms with Gasteiger partial charge in [-0.3, -0.25) is 14.5 Å². The number of halogens is 1. The van der Waals surface area contributed by atoms with Crippen molar-refractivity contribution in [1.29, 1.82) is 0 Å². The third-order valence-electron chi connectivity index (χ3n) is 5.03. The third kappa shape index (κ3) is 4.58. The Morgan fingerprint density at radius 3 is 2.55 bits per heavy atom. The molecule has 0 spiro atoms. The Balaban J connectivity index is 1.38. The van der Waals surface area contributed by atoms with Crippen molar-refractivity contribution in [2.24, 2.45) is 0 Å². The zero-order chi connectivity index (χ0) is 20.2. The number of hydrogen-bond donors (Lipinski definition) is 0. The zero-order valence-corrected chi connectivity index (χ0v) is 16.6. The van der Waals surface area contributed by atoms with E-state index < -0.39 is 0 Å². The predicted molar refractivity (Wildman–Crippen MR) is 115 cm³/mol. The minimum Gasteiger partial charge on any atom is -0.451 e. The molecular formula is C23H21ClN2O3. The van der Waals surface area contributed by atoms with E-state index in [2.05, 4.69) is 29.2 Å². The quantitative estimate of drug-likeness (QED) is 0.656. The van der Waals surface area contributed by atoms with Gasteiger partial charge in [-0.2, -0.15) is 0 Å². The molecular weight excluding hydrogens is 388 g/mol. The van der Waals surface area contributed by atoms with E-state index >= 15 is 0 Å². The molecule has 1 aliphatic heterocycles. The normalized spacial score (nSPS) is 15.3. The van der Waals surface area contributed by atoms with E-state index in [1.165, 1.54) is 11.6 Å². The summed E-state index contributed by atoms with van der Waals surface area (Å²) in [5.41, 5.74) is 1.28. The van der Waals surface area contributed by atoms with Crippen LogP contribution in [0.25, 0.3) is 17.0 Å². The number of benzene rings is 2.